The molecule has 0 aromatic heterocycles. The Morgan fingerprint density at radius 3 is 2.06 bits per heavy atom. The molecule has 0 spiro atoms. The second kappa shape index (κ2) is 6.64. The zero-order valence-corrected chi connectivity index (χ0v) is 10.9. The molecule has 0 radical (unpaired) electrons. The largest absolute Gasteiger partial charge is 0.480 e. The molecule has 1 saturated heterocycles. The number of aliphatic carboxylic acids is 1. The van der Waals surface area contributed by atoms with E-state index in [4.69, 9.17) is 0 Å². The third-order valence-corrected chi connectivity index (χ3v) is 3.55. The number of carbonyl (C=O) groups is 1. The molecule has 2 N–H and O–H groups in total. The van der Waals surface area contributed by atoms with Gasteiger partial charge in [0.05, 0.1) is 0 Å². The van der Waals surface area contributed by atoms with Gasteiger partial charge in [0.1, 0.15) is 5.54 Å². The van der Waals surface area contributed by atoms with E-state index in [-0.39, 0.29) is 24.8 Å². The van der Waals surface area contributed by atoms with Crippen LogP contribution in [0, 0.1) is 0 Å². The molecule has 2 aliphatic rings. The first-order chi connectivity index (χ1) is 6.76. The summed E-state index contributed by atoms with van der Waals surface area (Å²) >= 11 is 0. The van der Waals surface area contributed by atoms with Gasteiger partial charge in [0.15, 0.2) is 0 Å². The number of hydrogen-bond donors (Lipinski definition) is 2. The summed E-state index contributed by atoms with van der Waals surface area (Å²) in [6.45, 7) is 3.61. The van der Waals surface area contributed by atoms with E-state index in [1.165, 1.54) is 0 Å². The Morgan fingerprint density at radius 2 is 1.62 bits per heavy atom. The maximum absolute atomic E-state index is 11.4. The van der Waals surface area contributed by atoms with Gasteiger partial charge in [0, 0.05) is 26.2 Å². The molecule has 1 aliphatic carbocycles. The first kappa shape index (κ1) is 16.0. The van der Waals surface area contributed by atoms with Crippen molar-refractivity contribution in [2.45, 2.75) is 31.2 Å². The highest BCUT2D eigenvalue weighted by atomic mass is 35.5. The van der Waals surface area contributed by atoms with E-state index < -0.39 is 11.5 Å². The van der Waals surface area contributed by atoms with Crippen molar-refractivity contribution in [1.82, 2.24) is 10.2 Å². The van der Waals surface area contributed by atoms with Crippen LogP contribution >= 0.6 is 24.8 Å². The molecule has 2 fully saturated rings. The fraction of sp³-hybridized carbons (Fsp3) is 0.900. The van der Waals surface area contributed by atoms with Crippen molar-refractivity contribution in [3.05, 3.63) is 0 Å². The van der Waals surface area contributed by atoms with Crippen LogP contribution in [-0.4, -0.2) is 47.7 Å². The zero-order chi connectivity index (χ0) is 10.0. The first-order valence-electron chi connectivity index (χ1n) is 5.45. The van der Waals surface area contributed by atoms with E-state index in [0.717, 1.165) is 51.9 Å². The lowest BCUT2D eigenvalue weighted by Crippen LogP contribution is -2.58. The zero-order valence-electron chi connectivity index (χ0n) is 9.28. The summed E-state index contributed by atoms with van der Waals surface area (Å²) in [5.74, 6) is -0.614. The molecule has 0 unspecified atom stereocenters. The molecule has 2 rings (SSSR count). The molecular weight excluding hydrogens is 251 g/mol. The number of halogens is 2. The lowest BCUT2D eigenvalue weighted by Gasteiger charge is -2.40. The molecule has 0 bridgehead atoms. The Kier molecular flexibility index (Phi) is 6.63. The molecule has 96 valence electrons. The Labute approximate surface area is 109 Å². The number of rotatable bonds is 2. The summed E-state index contributed by atoms with van der Waals surface area (Å²) in [6, 6.07) is 0. The van der Waals surface area contributed by atoms with Crippen LogP contribution in [0.25, 0.3) is 0 Å². The van der Waals surface area contributed by atoms with Gasteiger partial charge in [0.25, 0.3) is 0 Å². The second-order valence-electron chi connectivity index (χ2n) is 4.28. The van der Waals surface area contributed by atoms with Gasteiger partial charge in [-0.2, -0.15) is 0 Å². The molecular formula is C10H20Cl2N2O2. The number of carboxylic acids is 1. The number of carboxylic acid groups (broad SMARTS) is 1. The van der Waals surface area contributed by atoms with Crippen molar-refractivity contribution < 1.29 is 9.90 Å². The second-order valence-corrected chi connectivity index (χ2v) is 4.28. The fourth-order valence-electron chi connectivity index (χ4n) is 2.72. The minimum atomic E-state index is -0.614. The molecule has 6 heteroatoms. The fourth-order valence-corrected chi connectivity index (χ4v) is 2.72. The normalized spacial score (nSPS) is 24.2. The van der Waals surface area contributed by atoms with E-state index in [9.17, 15) is 9.90 Å². The number of nitrogens with zero attached hydrogens (tertiary/aromatic N) is 1. The molecule has 1 saturated carbocycles. The minimum absolute atomic E-state index is 0. The van der Waals surface area contributed by atoms with Crippen LogP contribution in [0.4, 0.5) is 0 Å². The van der Waals surface area contributed by atoms with E-state index in [2.05, 4.69) is 10.2 Å². The van der Waals surface area contributed by atoms with Gasteiger partial charge >= 0.3 is 5.97 Å². The van der Waals surface area contributed by atoms with Crippen LogP contribution in [0.5, 0.6) is 0 Å². The van der Waals surface area contributed by atoms with E-state index in [0.29, 0.717) is 0 Å². The summed E-state index contributed by atoms with van der Waals surface area (Å²) in [5, 5.41) is 12.6. The molecule has 1 aliphatic heterocycles. The molecule has 0 aromatic rings. The van der Waals surface area contributed by atoms with E-state index in [1.54, 1.807) is 0 Å². The van der Waals surface area contributed by atoms with Gasteiger partial charge in [-0.25, -0.2) is 0 Å². The number of nitrogens with one attached hydrogen (secondary N) is 1. The highest BCUT2D eigenvalue weighted by molar-refractivity contribution is 5.85. The number of hydrogen-bond acceptors (Lipinski definition) is 3. The topological polar surface area (TPSA) is 52.6 Å². The Bertz CT molecular complexity index is 227. The van der Waals surface area contributed by atoms with Crippen LogP contribution in [0.1, 0.15) is 25.7 Å². The van der Waals surface area contributed by atoms with Crippen LogP contribution in [-0.2, 0) is 4.79 Å². The van der Waals surface area contributed by atoms with Crippen LogP contribution in [0.3, 0.4) is 0 Å². The smallest absolute Gasteiger partial charge is 0.324 e. The Hall–Kier alpha value is -0.0300. The predicted octanol–water partition coefficient (Wildman–Crippen LogP) is 1.13. The van der Waals surface area contributed by atoms with E-state index in [1.807, 2.05) is 0 Å². The van der Waals surface area contributed by atoms with Gasteiger partial charge in [0.2, 0.25) is 0 Å². The van der Waals surface area contributed by atoms with E-state index >= 15 is 0 Å². The average Bonchev–Trinajstić information content (AvgIpc) is 2.69. The molecule has 16 heavy (non-hydrogen) atoms. The summed E-state index contributed by atoms with van der Waals surface area (Å²) < 4.78 is 0. The maximum atomic E-state index is 11.4. The predicted molar refractivity (Wildman–Crippen MR) is 67.8 cm³/mol. The maximum Gasteiger partial charge on any atom is 0.324 e. The van der Waals surface area contributed by atoms with Gasteiger partial charge in [-0.05, 0) is 12.8 Å². The van der Waals surface area contributed by atoms with Gasteiger partial charge in [-0.15, -0.1) is 24.8 Å². The minimum Gasteiger partial charge on any atom is -0.480 e. The Balaban J connectivity index is 0.00000112. The van der Waals surface area contributed by atoms with Crippen LogP contribution in [0.15, 0.2) is 0 Å². The van der Waals surface area contributed by atoms with Gasteiger partial charge in [-0.1, -0.05) is 12.8 Å². The summed E-state index contributed by atoms with van der Waals surface area (Å²) in [5.41, 5.74) is -0.526. The van der Waals surface area contributed by atoms with Gasteiger partial charge < -0.3 is 10.4 Å². The van der Waals surface area contributed by atoms with Gasteiger partial charge in [-0.3, -0.25) is 9.69 Å². The Morgan fingerprint density at radius 1 is 1.12 bits per heavy atom. The lowest BCUT2D eigenvalue weighted by atomic mass is 9.94. The lowest BCUT2D eigenvalue weighted by molar-refractivity contribution is -0.151. The van der Waals surface area contributed by atoms with Crippen molar-refractivity contribution in [2.24, 2.45) is 0 Å². The quantitative estimate of drug-likeness (QED) is 0.790. The molecule has 4 nitrogen and oxygen atoms in total. The van der Waals surface area contributed by atoms with Crippen molar-refractivity contribution in [2.75, 3.05) is 26.2 Å². The van der Waals surface area contributed by atoms with Crippen molar-refractivity contribution in [3.8, 4) is 0 Å². The molecule has 0 atom stereocenters. The summed E-state index contributed by atoms with van der Waals surface area (Å²) in [6.07, 6.45) is 3.80. The highest BCUT2D eigenvalue weighted by Gasteiger charge is 2.46. The average molecular weight is 271 g/mol. The first-order valence-corrected chi connectivity index (χ1v) is 5.45. The molecule has 0 aromatic carbocycles. The monoisotopic (exact) mass is 270 g/mol. The highest BCUT2D eigenvalue weighted by Crippen LogP contribution is 2.35. The third kappa shape index (κ3) is 2.80. The molecule has 0 amide bonds. The van der Waals surface area contributed by atoms with Crippen molar-refractivity contribution >= 4 is 30.8 Å². The number of piperazine rings is 1. The standard InChI is InChI=1S/C10H18N2O2.2ClH/c13-9(14)10(3-1-2-4-10)12-7-5-11-6-8-12;;/h11H,1-8H2,(H,13,14);2*1H. The molecule has 1 heterocycles. The summed E-state index contributed by atoms with van der Waals surface area (Å²) in [4.78, 5) is 13.5. The van der Waals surface area contributed by atoms with Crippen LogP contribution < -0.4 is 5.32 Å². The third-order valence-electron chi connectivity index (χ3n) is 3.55. The van der Waals surface area contributed by atoms with Crippen molar-refractivity contribution in [3.63, 3.8) is 0 Å². The summed E-state index contributed by atoms with van der Waals surface area (Å²) in [7, 11) is 0. The van der Waals surface area contributed by atoms with Crippen molar-refractivity contribution in [1.29, 1.82) is 0 Å². The van der Waals surface area contributed by atoms with Crippen LogP contribution in [0.2, 0.25) is 0 Å². The SMILES string of the molecule is Cl.Cl.O=C(O)C1(N2CCNCC2)CCCC1.